The molecule has 1 aromatic rings. The van der Waals surface area contributed by atoms with Gasteiger partial charge in [-0.1, -0.05) is 43.6 Å². The van der Waals surface area contributed by atoms with E-state index < -0.39 is 6.09 Å². The Morgan fingerprint density at radius 3 is 2.71 bits per heavy atom. The number of ether oxygens (including phenoxy) is 1. The third-order valence-corrected chi connectivity index (χ3v) is 6.04. The number of halogens is 1. The number of benzene rings is 1. The van der Waals surface area contributed by atoms with Crippen molar-refractivity contribution in [1.29, 1.82) is 0 Å². The van der Waals surface area contributed by atoms with Crippen LogP contribution in [0.15, 0.2) is 35.9 Å². The number of phenols is 1. The average molecular weight is 448 g/mol. The maximum absolute atomic E-state index is 12.4. The van der Waals surface area contributed by atoms with Gasteiger partial charge in [0.05, 0.1) is 12.4 Å². The number of unbranched alkanes of at least 4 members (excludes halogenated alkanes) is 2. The molecule has 0 unspecified atom stereocenters. The number of hydrogen-bond donors (Lipinski definition) is 2. The van der Waals surface area contributed by atoms with Gasteiger partial charge in [-0.15, -0.1) is 11.6 Å². The van der Waals surface area contributed by atoms with E-state index in [9.17, 15) is 14.7 Å². The zero-order chi connectivity index (χ0) is 23.0. The van der Waals surface area contributed by atoms with Gasteiger partial charge in [-0.25, -0.2) is 4.79 Å². The molecule has 2 rings (SSSR count). The van der Waals surface area contributed by atoms with Crippen LogP contribution in [0.1, 0.15) is 69.9 Å². The maximum atomic E-state index is 12.4. The Morgan fingerprint density at radius 1 is 1.32 bits per heavy atom. The molecule has 0 spiro atoms. The van der Waals surface area contributed by atoms with Crippen LogP contribution in [0.3, 0.4) is 0 Å². The Labute approximate surface area is 190 Å². The standard InChI is InChI=1S/C25H34ClNO4/c1-5-6-7-8-18-12-22(29)24(21-11-17(4)9-10-20(21)16(2)3)23(13-18)31-25(30)27-15-19(28)14-26/h11-13,20-21,29H,2,5-10,14-15H2,1,3-4H3,(H,27,30)/t20-,21+/m0/s1. The summed E-state index contributed by atoms with van der Waals surface area (Å²) in [6.07, 6.45) is 7.25. The molecule has 0 saturated heterocycles. The lowest BCUT2D eigenvalue weighted by molar-refractivity contribution is -0.115. The number of nitrogens with one attached hydrogen (secondary N) is 1. The van der Waals surface area contributed by atoms with Gasteiger partial charge in [-0.2, -0.15) is 0 Å². The van der Waals surface area contributed by atoms with Crippen LogP contribution >= 0.6 is 11.6 Å². The van der Waals surface area contributed by atoms with Crippen LogP contribution in [0.2, 0.25) is 0 Å². The number of carbonyl (C=O) groups is 2. The second-order valence-corrected chi connectivity index (χ2v) is 8.70. The van der Waals surface area contributed by atoms with Crippen LogP contribution in [0, 0.1) is 5.92 Å². The first-order valence-corrected chi connectivity index (χ1v) is 11.5. The van der Waals surface area contributed by atoms with Crippen molar-refractivity contribution in [3.63, 3.8) is 0 Å². The topological polar surface area (TPSA) is 75.6 Å². The number of alkyl halides is 1. The molecule has 170 valence electrons. The first-order valence-electron chi connectivity index (χ1n) is 11.0. The van der Waals surface area contributed by atoms with E-state index in [1.807, 2.05) is 13.0 Å². The highest BCUT2D eigenvalue weighted by molar-refractivity contribution is 6.28. The van der Waals surface area contributed by atoms with Crippen molar-refractivity contribution in [2.24, 2.45) is 5.92 Å². The Bertz CT molecular complexity index is 846. The number of carbonyl (C=O) groups excluding carboxylic acids is 2. The first-order chi connectivity index (χ1) is 14.8. The summed E-state index contributed by atoms with van der Waals surface area (Å²) in [6.45, 7) is 10.1. The third kappa shape index (κ3) is 7.13. The van der Waals surface area contributed by atoms with Crippen molar-refractivity contribution in [1.82, 2.24) is 5.32 Å². The number of hydrogen-bond acceptors (Lipinski definition) is 4. The number of allylic oxidation sites excluding steroid dienone is 3. The van der Waals surface area contributed by atoms with Crippen LogP contribution in [0.25, 0.3) is 0 Å². The monoisotopic (exact) mass is 447 g/mol. The van der Waals surface area contributed by atoms with Gasteiger partial charge in [0.25, 0.3) is 0 Å². The molecule has 1 aliphatic rings. The van der Waals surface area contributed by atoms with E-state index in [0.29, 0.717) is 11.3 Å². The van der Waals surface area contributed by atoms with Crippen molar-refractivity contribution >= 4 is 23.5 Å². The van der Waals surface area contributed by atoms with Gasteiger partial charge >= 0.3 is 6.09 Å². The summed E-state index contributed by atoms with van der Waals surface area (Å²) >= 11 is 5.49. The molecule has 1 aliphatic carbocycles. The molecule has 2 N–H and O–H groups in total. The molecule has 31 heavy (non-hydrogen) atoms. The van der Waals surface area contributed by atoms with Crippen molar-refractivity contribution in [2.45, 2.75) is 65.2 Å². The quantitative estimate of drug-likeness (QED) is 0.260. The summed E-state index contributed by atoms with van der Waals surface area (Å²) in [7, 11) is 0. The molecule has 0 aliphatic heterocycles. The van der Waals surface area contributed by atoms with Crippen LogP contribution in [-0.2, 0) is 11.2 Å². The lowest BCUT2D eigenvalue weighted by atomic mass is 9.73. The van der Waals surface area contributed by atoms with E-state index in [2.05, 4.69) is 31.8 Å². The number of ketones is 1. The SMILES string of the molecule is C=C(C)[C@@H]1CCC(C)=C[C@H]1c1c(O)cc(CCCCC)cc1OC(=O)NCC(=O)CCl. The van der Waals surface area contributed by atoms with Crippen LogP contribution in [0.5, 0.6) is 11.5 Å². The number of aromatic hydroxyl groups is 1. The lowest BCUT2D eigenvalue weighted by Crippen LogP contribution is -2.33. The molecule has 0 bridgehead atoms. The van der Waals surface area contributed by atoms with E-state index in [-0.39, 0.29) is 35.8 Å². The number of phenolic OH excluding ortho intramolecular Hbond substituents is 1. The van der Waals surface area contributed by atoms with E-state index in [0.717, 1.165) is 49.7 Å². The van der Waals surface area contributed by atoms with Crippen LogP contribution in [0.4, 0.5) is 4.79 Å². The van der Waals surface area contributed by atoms with Crippen LogP contribution < -0.4 is 10.1 Å². The number of amides is 1. The summed E-state index contributed by atoms with van der Waals surface area (Å²) in [5.41, 5.74) is 3.77. The zero-order valence-corrected chi connectivity index (χ0v) is 19.6. The molecule has 0 saturated carbocycles. The summed E-state index contributed by atoms with van der Waals surface area (Å²) in [5.74, 6) is -0.0263. The van der Waals surface area contributed by atoms with E-state index in [1.54, 1.807) is 6.07 Å². The fourth-order valence-corrected chi connectivity index (χ4v) is 4.16. The number of aryl methyl sites for hydroxylation is 1. The summed E-state index contributed by atoms with van der Waals surface area (Å²) in [4.78, 5) is 23.8. The minimum absolute atomic E-state index is 0.121. The van der Waals surface area contributed by atoms with Gasteiger partial charge in [0.15, 0.2) is 5.78 Å². The third-order valence-electron chi connectivity index (χ3n) is 5.74. The molecule has 0 heterocycles. The molecule has 1 aromatic carbocycles. The van der Waals surface area contributed by atoms with Crippen LogP contribution in [-0.4, -0.2) is 29.4 Å². The van der Waals surface area contributed by atoms with Crippen molar-refractivity contribution in [3.8, 4) is 11.5 Å². The van der Waals surface area contributed by atoms with Crippen molar-refractivity contribution in [3.05, 3.63) is 47.1 Å². The van der Waals surface area contributed by atoms with E-state index >= 15 is 0 Å². The van der Waals surface area contributed by atoms with Crippen molar-refractivity contribution < 1.29 is 19.4 Å². The normalized spacial score (nSPS) is 18.3. The fourth-order valence-electron chi connectivity index (χ4n) is 4.07. The highest BCUT2D eigenvalue weighted by Crippen LogP contribution is 2.47. The molecular weight excluding hydrogens is 414 g/mol. The second-order valence-electron chi connectivity index (χ2n) is 8.43. The van der Waals surface area contributed by atoms with Gasteiger partial charge in [0, 0.05) is 11.5 Å². The van der Waals surface area contributed by atoms with Gasteiger partial charge in [-0.05, 0) is 63.1 Å². The number of Topliss-reactive ketones (excluding diaryl/α,β-unsaturated/α-hetero) is 1. The predicted molar refractivity (Wildman–Crippen MR) is 125 cm³/mol. The largest absolute Gasteiger partial charge is 0.507 e. The van der Waals surface area contributed by atoms with Gasteiger partial charge in [-0.3, -0.25) is 4.79 Å². The minimum atomic E-state index is -0.742. The molecule has 5 nitrogen and oxygen atoms in total. The maximum Gasteiger partial charge on any atom is 0.412 e. The Morgan fingerprint density at radius 2 is 2.06 bits per heavy atom. The highest BCUT2D eigenvalue weighted by atomic mass is 35.5. The average Bonchev–Trinajstić information content (AvgIpc) is 2.71. The Kier molecular flexibility index (Phi) is 9.63. The van der Waals surface area contributed by atoms with Gasteiger partial charge in [0.1, 0.15) is 11.5 Å². The molecule has 1 amide bonds. The molecule has 0 radical (unpaired) electrons. The number of rotatable bonds is 10. The Hall–Kier alpha value is -2.27. The second kappa shape index (κ2) is 11.9. The Balaban J connectivity index is 2.42. The van der Waals surface area contributed by atoms with Gasteiger partial charge in [0.2, 0.25) is 0 Å². The highest BCUT2D eigenvalue weighted by Gasteiger charge is 2.31. The van der Waals surface area contributed by atoms with Gasteiger partial charge < -0.3 is 15.2 Å². The first kappa shape index (κ1) is 25.0. The van der Waals surface area contributed by atoms with Crippen molar-refractivity contribution in [2.75, 3.05) is 12.4 Å². The summed E-state index contributed by atoms with van der Waals surface area (Å²) in [6, 6.07) is 3.61. The van der Waals surface area contributed by atoms with E-state index in [1.165, 1.54) is 5.57 Å². The molecule has 2 atom stereocenters. The lowest BCUT2D eigenvalue weighted by Gasteiger charge is -2.32. The molecule has 0 aromatic heterocycles. The summed E-state index contributed by atoms with van der Waals surface area (Å²) in [5, 5.41) is 13.4. The molecule has 6 heteroatoms. The minimum Gasteiger partial charge on any atom is -0.507 e. The molecular formula is C25H34ClNO4. The fraction of sp³-hybridized carbons (Fsp3) is 0.520. The smallest absolute Gasteiger partial charge is 0.412 e. The zero-order valence-electron chi connectivity index (χ0n) is 18.8. The predicted octanol–water partition coefficient (Wildman–Crippen LogP) is 6.04. The summed E-state index contributed by atoms with van der Waals surface area (Å²) < 4.78 is 5.62. The molecule has 0 fully saturated rings. The van der Waals surface area contributed by atoms with E-state index in [4.69, 9.17) is 16.3 Å².